The van der Waals surface area contributed by atoms with Crippen molar-refractivity contribution in [2.75, 3.05) is 9.44 Å². The molecule has 0 atom stereocenters. The van der Waals surface area contributed by atoms with Crippen LogP contribution >= 0.6 is 31.9 Å². The number of carbonyl (C=O) groups is 2. The second kappa shape index (κ2) is 9.74. The summed E-state index contributed by atoms with van der Waals surface area (Å²) >= 11 is 6.47. The number of halogens is 2. The number of hydrogen-bond acceptors (Lipinski definition) is 6. The number of rotatable bonds is 8. The minimum atomic E-state index is -4.22. The molecule has 3 aromatic rings. The van der Waals surface area contributed by atoms with Gasteiger partial charge in [-0.15, -0.1) is 0 Å². The lowest BCUT2D eigenvalue weighted by Gasteiger charge is -2.16. The van der Waals surface area contributed by atoms with Crippen molar-refractivity contribution in [3.63, 3.8) is 0 Å². The van der Waals surface area contributed by atoms with Gasteiger partial charge in [0.2, 0.25) is 0 Å². The van der Waals surface area contributed by atoms with Gasteiger partial charge in [0, 0.05) is 8.95 Å². The second-order valence-corrected chi connectivity index (χ2v) is 11.8. The zero-order valence-electron chi connectivity index (χ0n) is 16.7. The average Bonchev–Trinajstić information content (AvgIpc) is 2.77. The molecule has 4 N–H and O–H groups in total. The number of carboxylic acids is 2. The average molecular weight is 634 g/mol. The van der Waals surface area contributed by atoms with Gasteiger partial charge in [-0.1, -0.05) is 0 Å². The first kappa shape index (κ1) is 25.7. The summed E-state index contributed by atoms with van der Waals surface area (Å²) in [5.41, 5.74) is -0.452. The minimum absolute atomic E-state index is 0.104. The van der Waals surface area contributed by atoms with E-state index < -0.39 is 32.0 Å². The maximum Gasteiger partial charge on any atom is 0.335 e. The molecule has 0 amide bonds. The van der Waals surface area contributed by atoms with Gasteiger partial charge in [0.05, 0.1) is 32.3 Å². The van der Waals surface area contributed by atoms with Gasteiger partial charge in [0.25, 0.3) is 20.0 Å². The quantitative estimate of drug-likeness (QED) is 0.286. The van der Waals surface area contributed by atoms with Crippen LogP contribution in [0.1, 0.15) is 20.7 Å². The number of hydrogen-bond donors (Lipinski definition) is 4. The Hall–Kier alpha value is -2.94. The molecule has 0 saturated carbocycles. The van der Waals surface area contributed by atoms with Crippen LogP contribution in [0.2, 0.25) is 0 Å². The van der Waals surface area contributed by atoms with Crippen LogP contribution in [0.5, 0.6) is 0 Å². The number of anilines is 2. The third-order valence-corrected chi connectivity index (χ3v) is 8.98. The normalized spacial score (nSPS) is 11.6. The molecule has 3 rings (SSSR count). The highest BCUT2D eigenvalue weighted by molar-refractivity contribution is 9.13. The van der Waals surface area contributed by atoms with Crippen LogP contribution in [0.25, 0.3) is 0 Å². The molecule has 14 heteroatoms. The lowest BCUT2D eigenvalue weighted by Crippen LogP contribution is -2.18. The topological polar surface area (TPSA) is 167 Å². The van der Waals surface area contributed by atoms with Gasteiger partial charge >= 0.3 is 11.9 Å². The van der Waals surface area contributed by atoms with Gasteiger partial charge in [0.1, 0.15) is 0 Å². The Labute approximate surface area is 211 Å². The van der Waals surface area contributed by atoms with E-state index in [9.17, 15) is 26.4 Å². The van der Waals surface area contributed by atoms with Crippen molar-refractivity contribution in [2.45, 2.75) is 9.79 Å². The number of sulfonamides is 2. The van der Waals surface area contributed by atoms with E-state index in [2.05, 4.69) is 41.3 Å². The lowest BCUT2D eigenvalue weighted by molar-refractivity contribution is 0.0686. The SMILES string of the molecule is O=C(O)c1ccc(S(=O)(=O)Nc2cc(Br)c(Br)cc2NS(=O)(=O)c2ccc(C(=O)O)cc2)cc1. The summed E-state index contributed by atoms with van der Waals surface area (Å²) in [6, 6.07) is 11.6. The van der Waals surface area contributed by atoms with E-state index in [1.807, 2.05) is 0 Å². The van der Waals surface area contributed by atoms with Gasteiger partial charge in [-0.05, 0) is 92.5 Å². The number of aromatic carboxylic acids is 2. The molecule has 0 fully saturated rings. The van der Waals surface area contributed by atoms with E-state index in [0.29, 0.717) is 8.95 Å². The van der Waals surface area contributed by atoms with Gasteiger partial charge in [0.15, 0.2) is 0 Å². The van der Waals surface area contributed by atoms with Crippen LogP contribution in [0.4, 0.5) is 11.4 Å². The van der Waals surface area contributed by atoms with E-state index in [4.69, 9.17) is 10.2 Å². The summed E-state index contributed by atoms with van der Waals surface area (Å²) in [6.45, 7) is 0. The molecular weight excluding hydrogens is 620 g/mol. The van der Waals surface area contributed by atoms with Crippen LogP contribution < -0.4 is 9.44 Å². The van der Waals surface area contributed by atoms with Crippen LogP contribution in [0, 0.1) is 0 Å². The maximum atomic E-state index is 12.8. The zero-order valence-corrected chi connectivity index (χ0v) is 21.5. The monoisotopic (exact) mass is 632 g/mol. The van der Waals surface area contributed by atoms with Crippen molar-refractivity contribution >= 4 is 75.2 Å². The molecule has 0 bridgehead atoms. The summed E-state index contributed by atoms with van der Waals surface area (Å²) in [6.07, 6.45) is 0. The fourth-order valence-corrected chi connectivity index (χ4v) is 5.50. The summed E-state index contributed by atoms with van der Waals surface area (Å²) in [7, 11) is -8.44. The van der Waals surface area contributed by atoms with Crippen molar-refractivity contribution in [1.82, 2.24) is 0 Å². The van der Waals surface area contributed by atoms with Crippen LogP contribution in [0.15, 0.2) is 79.4 Å². The molecule has 34 heavy (non-hydrogen) atoms. The predicted octanol–water partition coefficient (Wildman–Crippen LogP) is 4.21. The summed E-state index contributed by atoms with van der Waals surface area (Å²) in [5.74, 6) is -2.44. The fourth-order valence-electron chi connectivity index (χ4n) is 2.68. The highest BCUT2D eigenvalue weighted by Gasteiger charge is 2.22. The molecule has 0 aliphatic rings. The molecule has 0 unspecified atom stereocenters. The smallest absolute Gasteiger partial charge is 0.335 e. The molecule has 0 heterocycles. The van der Waals surface area contributed by atoms with Crippen molar-refractivity contribution < 1.29 is 36.6 Å². The first-order valence-corrected chi connectivity index (χ1v) is 13.6. The summed E-state index contributed by atoms with van der Waals surface area (Å²) < 4.78 is 56.8. The van der Waals surface area contributed by atoms with Crippen molar-refractivity contribution in [1.29, 1.82) is 0 Å². The molecule has 0 radical (unpaired) electrons. The van der Waals surface area contributed by atoms with Crippen LogP contribution in [-0.4, -0.2) is 39.0 Å². The largest absolute Gasteiger partial charge is 0.478 e. The van der Waals surface area contributed by atoms with Crippen LogP contribution in [-0.2, 0) is 20.0 Å². The Morgan fingerprint density at radius 2 is 0.912 bits per heavy atom. The Morgan fingerprint density at radius 3 is 1.18 bits per heavy atom. The predicted molar refractivity (Wildman–Crippen MR) is 130 cm³/mol. The molecule has 0 aliphatic carbocycles. The summed E-state index contributed by atoms with van der Waals surface area (Å²) in [4.78, 5) is 21.5. The number of carboxylic acid groups (broad SMARTS) is 2. The van der Waals surface area contributed by atoms with Crippen molar-refractivity contribution in [3.8, 4) is 0 Å². The Balaban J connectivity index is 1.97. The lowest BCUT2D eigenvalue weighted by atomic mass is 10.2. The first-order valence-electron chi connectivity index (χ1n) is 9.01. The Kier molecular flexibility index (Phi) is 7.35. The number of nitrogens with one attached hydrogen (secondary N) is 2. The van der Waals surface area contributed by atoms with Gasteiger partial charge in [-0.25, -0.2) is 26.4 Å². The van der Waals surface area contributed by atoms with E-state index in [-0.39, 0.29) is 32.3 Å². The minimum Gasteiger partial charge on any atom is -0.478 e. The molecule has 10 nitrogen and oxygen atoms in total. The molecule has 178 valence electrons. The maximum absolute atomic E-state index is 12.8. The third-order valence-electron chi connectivity index (χ3n) is 4.37. The second-order valence-electron chi connectivity index (χ2n) is 6.68. The highest BCUT2D eigenvalue weighted by Crippen LogP contribution is 2.35. The standard InChI is InChI=1S/C20H14Br2N2O8S2/c21-15-9-17(23-33(29,30)13-5-1-11(2-6-13)19(25)26)18(10-16(15)22)24-34(31,32)14-7-3-12(4-8-14)20(27)28/h1-10,23-24H,(H,25,26)(H,27,28). The summed E-state index contributed by atoms with van der Waals surface area (Å²) in [5, 5.41) is 18.0. The van der Waals surface area contributed by atoms with Crippen molar-refractivity contribution in [2.24, 2.45) is 0 Å². The Bertz CT molecular complexity index is 1370. The van der Waals surface area contributed by atoms with Gasteiger partial charge in [-0.2, -0.15) is 0 Å². The molecule has 0 saturated heterocycles. The van der Waals surface area contributed by atoms with E-state index in [1.54, 1.807) is 0 Å². The molecule has 0 aliphatic heterocycles. The van der Waals surface area contributed by atoms with Crippen LogP contribution in [0.3, 0.4) is 0 Å². The fraction of sp³-hybridized carbons (Fsp3) is 0. The Morgan fingerprint density at radius 1 is 0.618 bits per heavy atom. The van der Waals surface area contributed by atoms with Gasteiger partial charge in [-0.3, -0.25) is 9.44 Å². The first-order chi connectivity index (χ1) is 15.8. The highest BCUT2D eigenvalue weighted by atomic mass is 79.9. The number of benzene rings is 3. The molecular formula is C20H14Br2N2O8S2. The van der Waals surface area contributed by atoms with E-state index in [1.165, 1.54) is 12.1 Å². The van der Waals surface area contributed by atoms with E-state index >= 15 is 0 Å². The third kappa shape index (κ3) is 5.75. The molecule has 3 aromatic carbocycles. The molecule has 0 spiro atoms. The molecule has 0 aromatic heterocycles. The van der Waals surface area contributed by atoms with E-state index in [0.717, 1.165) is 48.5 Å². The van der Waals surface area contributed by atoms with Crippen molar-refractivity contribution in [3.05, 3.63) is 80.7 Å². The zero-order chi connectivity index (χ0) is 25.3. The van der Waals surface area contributed by atoms with Gasteiger partial charge < -0.3 is 10.2 Å².